The van der Waals surface area contributed by atoms with Gasteiger partial charge in [-0.2, -0.15) is 0 Å². The highest BCUT2D eigenvalue weighted by Crippen LogP contribution is 2.30. The summed E-state index contributed by atoms with van der Waals surface area (Å²) in [5.74, 6) is 0.255. The van der Waals surface area contributed by atoms with E-state index >= 15 is 0 Å². The van der Waals surface area contributed by atoms with Gasteiger partial charge >= 0.3 is 1.43 Å². The molecule has 0 fully saturated rings. The van der Waals surface area contributed by atoms with Crippen LogP contribution in [0.1, 0.15) is 26.9 Å². The summed E-state index contributed by atoms with van der Waals surface area (Å²) >= 11 is 0. The van der Waals surface area contributed by atoms with E-state index < -0.39 is 0 Å². The highest BCUT2D eigenvalue weighted by Gasteiger charge is 2.12. The summed E-state index contributed by atoms with van der Waals surface area (Å²) in [5.41, 5.74) is 8.28. The van der Waals surface area contributed by atoms with Crippen molar-refractivity contribution in [2.45, 2.75) is 19.8 Å². The average Bonchev–Trinajstić information content (AvgIpc) is 2.47. The van der Waals surface area contributed by atoms with E-state index in [-0.39, 0.29) is 19.1 Å². The summed E-state index contributed by atoms with van der Waals surface area (Å²) in [6, 6.07) is 12.5. The number of hydrogen-bond donors (Lipinski definition) is 1. The molecule has 21 heavy (non-hydrogen) atoms. The molecule has 0 aliphatic rings. The number of hydrogen-bond acceptors (Lipinski definition) is 3. The van der Waals surface area contributed by atoms with Crippen molar-refractivity contribution < 1.29 is 5.82 Å². The zero-order valence-electron chi connectivity index (χ0n) is 13.0. The quantitative estimate of drug-likeness (QED) is 0.764. The molecular formula is C17H17FN3+. The van der Waals surface area contributed by atoms with Crippen LogP contribution in [0.4, 0.5) is 10.3 Å². The molecular weight excluding hydrogens is 265 g/mol. The minimum absolute atomic E-state index is 0. The van der Waals surface area contributed by atoms with E-state index in [1.807, 2.05) is 38.1 Å². The normalized spacial score (nSPS) is 11.2. The summed E-state index contributed by atoms with van der Waals surface area (Å²) < 4.78 is 13.9. The van der Waals surface area contributed by atoms with E-state index in [4.69, 9.17) is 5.73 Å². The molecule has 3 rings (SSSR count). The van der Waals surface area contributed by atoms with E-state index in [0.29, 0.717) is 5.39 Å². The number of fused-ring (bicyclic) bond motifs is 1. The van der Waals surface area contributed by atoms with Crippen LogP contribution in [-0.2, 0) is 0 Å². The predicted molar refractivity (Wildman–Crippen MR) is 84.5 cm³/mol. The molecule has 2 aromatic carbocycles. The van der Waals surface area contributed by atoms with Crippen molar-refractivity contribution in [1.82, 2.24) is 9.97 Å². The Hall–Kier alpha value is -2.49. The van der Waals surface area contributed by atoms with Crippen molar-refractivity contribution in [3.05, 3.63) is 54.0 Å². The van der Waals surface area contributed by atoms with E-state index in [9.17, 15) is 4.39 Å². The van der Waals surface area contributed by atoms with Gasteiger partial charge in [0, 0.05) is 16.6 Å². The maximum absolute atomic E-state index is 13.9. The van der Waals surface area contributed by atoms with Crippen LogP contribution in [0.5, 0.6) is 0 Å². The van der Waals surface area contributed by atoms with Crippen molar-refractivity contribution in [1.29, 1.82) is 0 Å². The second-order valence-corrected chi connectivity index (χ2v) is 5.33. The fourth-order valence-corrected chi connectivity index (χ4v) is 2.40. The third kappa shape index (κ3) is 2.44. The van der Waals surface area contributed by atoms with E-state index in [1.54, 1.807) is 12.1 Å². The number of anilines is 1. The third-order valence-electron chi connectivity index (χ3n) is 3.50. The first-order chi connectivity index (χ1) is 10.1. The van der Waals surface area contributed by atoms with E-state index in [1.165, 1.54) is 6.07 Å². The highest BCUT2D eigenvalue weighted by atomic mass is 19.1. The van der Waals surface area contributed by atoms with E-state index in [2.05, 4.69) is 9.97 Å². The van der Waals surface area contributed by atoms with Gasteiger partial charge in [-0.05, 0) is 29.5 Å². The Labute approximate surface area is 124 Å². The van der Waals surface area contributed by atoms with Crippen molar-refractivity contribution in [3.8, 4) is 11.3 Å². The zero-order chi connectivity index (χ0) is 15.0. The molecule has 0 saturated carbocycles. The Bertz CT molecular complexity index is 818. The van der Waals surface area contributed by atoms with Gasteiger partial charge in [0.2, 0.25) is 5.95 Å². The number of halogens is 1. The molecule has 106 valence electrons. The predicted octanol–water partition coefficient (Wildman–Crippen LogP) is 4.25. The number of rotatable bonds is 2. The molecule has 3 nitrogen and oxygen atoms in total. The third-order valence-corrected chi connectivity index (χ3v) is 3.50. The van der Waals surface area contributed by atoms with Gasteiger partial charge < -0.3 is 5.73 Å². The van der Waals surface area contributed by atoms with Crippen molar-refractivity contribution in [3.63, 3.8) is 0 Å². The maximum Gasteiger partial charge on any atom is 1.00 e. The molecule has 0 atom stereocenters. The number of nitrogens with zero attached hydrogens (tertiary/aromatic N) is 2. The molecule has 0 amide bonds. The molecule has 0 bridgehead atoms. The molecule has 2 N–H and O–H groups in total. The van der Waals surface area contributed by atoms with Crippen molar-refractivity contribution in [2.24, 2.45) is 0 Å². The van der Waals surface area contributed by atoms with Gasteiger partial charge in [0.1, 0.15) is 5.82 Å². The molecule has 1 heterocycles. The van der Waals surface area contributed by atoms with Gasteiger partial charge in [-0.15, -0.1) is 0 Å². The molecule has 0 radical (unpaired) electrons. The lowest BCUT2D eigenvalue weighted by molar-refractivity contribution is 0.640. The van der Waals surface area contributed by atoms with Crippen LogP contribution in [-0.4, -0.2) is 9.97 Å². The zero-order valence-corrected chi connectivity index (χ0v) is 12.0. The number of nitrogens with two attached hydrogens (primary N) is 1. The fourth-order valence-electron chi connectivity index (χ4n) is 2.40. The average molecular weight is 282 g/mol. The largest absolute Gasteiger partial charge is 1.00 e. The van der Waals surface area contributed by atoms with Crippen LogP contribution in [0.3, 0.4) is 0 Å². The molecule has 0 saturated heterocycles. The first-order valence-corrected chi connectivity index (χ1v) is 6.88. The van der Waals surface area contributed by atoms with Crippen LogP contribution in [0, 0.1) is 5.82 Å². The first-order valence-electron chi connectivity index (χ1n) is 6.88. The highest BCUT2D eigenvalue weighted by molar-refractivity contribution is 5.96. The van der Waals surface area contributed by atoms with E-state index in [0.717, 1.165) is 22.3 Å². The lowest BCUT2D eigenvalue weighted by atomic mass is 10.00. The Kier molecular flexibility index (Phi) is 3.29. The second-order valence-electron chi connectivity index (χ2n) is 5.33. The number of aromatic nitrogens is 2. The topological polar surface area (TPSA) is 51.8 Å². The number of nitrogen functional groups attached to an aromatic ring is 1. The van der Waals surface area contributed by atoms with Gasteiger partial charge in [-0.1, -0.05) is 38.1 Å². The molecule has 0 spiro atoms. The van der Waals surface area contributed by atoms with Gasteiger partial charge in [0.05, 0.1) is 5.69 Å². The van der Waals surface area contributed by atoms with Gasteiger partial charge in [-0.25, -0.2) is 14.4 Å². The molecule has 0 aliphatic carbocycles. The summed E-state index contributed by atoms with van der Waals surface area (Å²) in [6.07, 6.45) is 0. The lowest BCUT2D eigenvalue weighted by Gasteiger charge is -2.11. The van der Waals surface area contributed by atoms with Crippen molar-refractivity contribution in [2.75, 3.05) is 5.73 Å². The molecule has 0 unspecified atom stereocenters. The standard InChI is InChI=1S/C17H16FN3/c1-10(2)15-9-16(21-17(19)20-15)13-7-8-14(18)12-6-4-3-5-11(12)13/h3-10H,1-2H3,(H2,19,20,21)/p+1. The summed E-state index contributed by atoms with van der Waals surface area (Å²) in [5, 5.41) is 1.41. The van der Waals surface area contributed by atoms with Crippen LogP contribution >= 0.6 is 0 Å². The Morgan fingerprint density at radius 1 is 1.05 bits per heavy atom. The molecule has 3 aromatic rings. The lowest BCUT2D eigenvalue weighted by Crippen LogP contribution is -2.02. The summed E-state index contributed by atoms with van der Waals surface area (Å²) in [7, 11) is 0. The molecule has 4 heteroatoms. The second kappa shape index (κ2) is 5.13. The van der Waals surface area contributed by atoms with Crippen LogP contribution in [0.15, 0.2) is 42.5 Å². The van der Waals surface area contributed by atoms with Crippen LogP contribution in [0.2, 0.25) is 0 Å². The Morgan fingerprint density at radius 2 is 1.76 bits per heavy atom. The fraction of sp³-hybridized carbons (Fsp3) is 0.176. The smallest absolute Gasteiger partial charge is 0.368 e. The molecule has 0 aliphatic heterocycles. The van der Waals surface area contributed by atoms with Crippen LogP contribution < -0.4 is 5.73 Å². The number of benzene rings is 2. The summed E-state index contributed by atoms with van der Waals surface area (Å²) in [6.45, 7) is 4.10. The first kappa shape index (κ1) is 13.5. The minimum atomic E-state index is -0.236. The Balaban J connectivity index is 0.00000176. The van der Waals surface area contributed by atoms with Gasteiger partial charge in [0.25, 0.3) is 0 Å². The van der Waals surface area contributed by atoms with Crippen molar-refractivity contribution >= 4 is 16.7 Å². The minimum Gasteiger partial charge on any atom is -0.368 e. The molecule has 1 aromatic heterocycles. The van der Waals surface area contributed by atoms with Gasteiger partial charge in [-0.3, -0.25) is 0 Å². The monoisotopic (exact) mass is 282 g/mol. The van der Waals surface area contributed by atoms with Gasteiger partial charge in [0.15, 0.2) is 0 Å². The Morgan fingerprint density at radius 3 is 2.48 bits per heavy atom. The van der Waals surface area contributed by atoms with Crippen LogP contribution in [0.25, 0.3) is 22.0 Å². The summed E-state index contributed by atoms with van der Waals surface area (Å²) in [4.78, 5) is 8.56. The SMILES string of the molecule is CC(C)c1cc(-c2ccc(F)c3ccccc23)nc(N)n1.[H+]. The maximum atomic E-state index is 13.9.